The van der Waals surface area contributed by atoms with Crippen molar-refractivity contribution in [2.24, 2.45) is 0 Å². The Labute approximate surface area is 180 Å². The lowest BCUT2D eigenvalue weighted by Crippen LogP contribution is -2.13. The molecule has 3 rings (SSSR count). The van der Waals surface area contributed by atoms with Gasteiger partial charge in [-0.3, -0.25) is 4.79 Å². The van der Waals surface area contributed by atoms with E-state index < -0.39 is 11.9 Å². The SMILES string of the molecule is COc1cc(/C=C(\C#N)C(=O)Nc2ccc(C)cc2)ccc1OC(=O)c1ccccc1. The second kappa shape index (κ2) is 9.90. The highest BCUT2D eigenvalue weighted by Crippen LogP contribution is 2.29. The van der Waals surface area contributed by atoms with Crippen molar-refractivity contribution >= 4 is 23.6 Å². The van der Waals surface area contributed by atoms with Crippen LogP contribution >= 0.6 is 0 Å². The molecule has 0 aliphatic carbocycles. The number of amides is 1. The normalized spacial score (nSPS) is 10.7. The van der Waals surface area contributed by atoms with Gasteiger partial charge in [-0.2, -0.15) is 5.26 Å². The molecular weight excluding hydrogens is 392 g/mol. The Kier molecular flexibility index (Phi) is 6.82. The molecule has 1 amide bonds. The molecule has 0 bridgehead atoms. The predicted molar refractivity (Wildman–Crippen MR) is 118 cm³/mol. The smallest absolute Gasteiger partial charge is 0.343 e. The van der Waals surface area contributed by atoms with E-state index in [9.17, 15) is 14.9 Å². The maximum Gasteiger partial charge on any atom is 0.343 e. The quantitative estimate of drug-likeness (QED) is 0.273. The Balaban J connectivity index is 1.79. The summed E-state index contributed by atoms with van der Waals surface area (Å²) in [6.45, 7) is 1.94. The summed E-state index contributed by atoms with van der Waals surface area (Å²) in [6, 6.07) is 22.5. The molecule has 0 saturated carbocycles. The molecule has 0 atom stereocenters. The van der Waals surface area contributed by atoms with Crippen molar-refractivity contribution in [3.05, 3.63) is 95.1 Å². The van der Waals surface area contributed by atoms with Gasteiger partial charge in [0.2, 0.25) is 0 Å². The Morgan fingerprint density at radius 3 is 2.32 bits per heavy atom. The summed E-state index contributed by atoms with van der Waals surface area (Å²) in [5, 5.41) is 12.1. The number of benzene rings is 3. The van der Waals surface area contributed by atoms with Gasteiger partial charge in [0.05, 0.1) is 12.7 Å². The van der Waals surface area contributed by atoms with E-state index in [1.54, 1.807) is 60.7 Å². The van der Waals surface area contributed by atoms with E-state index >= 15 is 0 Å². The number of hydrogen-bond donors (Lipinski definition) is 1. The molecule has 0 heterocycles. The molecule has 3 aromatic carbocycles. The summed E-state index contributed by atoms with van der Waals surface area (Å²) >= 11 is 0. The fourth-order valence-electron chi connectivity index (χ4n) is 2.74. The molecule has 0 spiro atoms. The Morgan fingerprint density at radius 1 is 0.968 bits per heavy atom. The van der Waals surface area contributed by atoms with Crippen LogP contribution in [-0.4, -0.2) is 19.0 Å². The van der Waals surface area contributed by atoms with Crippen LogP contribution in [0.1, 0.15) is 21.5 Å². The Hall–Kier alpha value is -4.37. The van der Waals surface area contributed by atoms with Gasteiger partial charge in [0.1, 0.15) is 11.6 Å². The van der Waals surface area contributed by atoms with Gasteiger partial charge in [-0.15, -0.1) is 0 Å². The third-order valence-electron chi connectivity index (χ3n) is 4.39. The molecule has 0 aliphatic heterocycles. The number of hydrogen-bond acceptors (Lipinski definition) is 5. The minimum atomic E-state index is -0.523. The van der Waals surface area contributed by atoms with Gasteiger partial charge in [-0.05, 0) is 55.0 Å². The van der Waals surface area contributed by atoms with Crippen molar-refractivity contribution in [3.8, 4) is 17.6 Å². The number of nitrogens with zero attached hydrogens (tertiary/aromatic N) is 1. The highest BCUT2D eigenvalue weighted by molar-refractivity contribution is 6.09. The maximum atomic E-state index is 12.5. The van der Waals surface area contributed by atoms with Crippen LogP contribution in [0.4, 0.5) is 5.69 Å². The summed E-state index contributed by atoms with van der Waals surface area (Å²) < 4.78 is 10.7. The third-order valence-corrected chi connectivity index (χ3v) is 4.39. The van der Waals surface area contributed by atoms with Gasteiger partial charge in [0, 0.05) is 5.69 Å². The summed E-state index contributed by atoms with van der Waals surface area (Å²) in [5.41, 5.74) is 2.54. The van der Waals surface area contributed by atoms with E-state index in [0.29, 0.717) is 22.6 Å². The van der Waals surface area contributed by atoms with Gasteiger partial charge in [0.25, 0.3) is 5.91 Å². The van der Waals surface area contributed by atoms with Crippen LogP contribution in [-0.2, 0) is 4.79 Å². The number of nitrogens with one attached hydrogen (secondary N) is 1. The number of ether oxygens (including phenoxy) is 2. The summed E-state index contributed by atoms with van der Waals surface area (Å²) in [6.07, 6.45) is 1.44. The number of anilines is 1. The number of rotatable bonds is 6. The molecule has 0 aromatic heterocycles. The lowest BCUT2D eigenvalue weighted by Gasteiger charge is -2.10. The van der Waals surface area contributed by atoms with Gasteiger partial charge < -0.3 is 14.8 Å². The van der Waals surface area contributed by atoms with Crippen LogP contribution in [0.15, 0.2) is 78.4 Å². The molecule has 0 saturated heterocycles. The fraction of sp³-hybridized carbons (Fsp3) is 0.0800. The van der Waals surface area contributed by atoms with E-state index in [4.69, 9.17) is 9.47 Å². The topological polar surface area (TPSA) is 88.4 Å². The van der Waals surface area contributed by atoms with Crippen molar-refractivity contribution in [3.63, 3.8) is 0 Å². The lowest BCUT2D eigenvalue weighted by molar-refractivity contribution is -0.112. The maximum absolute atomic E-state index is 12.5. The Bertz CT molecular complexity index is 1160. The second-order valence-electron chi connectivity index (χ2n) is 6.66. The first kappa shape index (κ1) is 21.3. The molecule has 3 aromatic rings. The van der Waals surface area contributed by atoms with Crippen LogP contribution in [0.2, 0.25) is 0 Å². The van der Waals surface area contributed by atoms with Crippen LogP contribution < -0.4 is 14.8 Å². The number of methoxy groups -OCH3 is 1. The van der Waals surface area contributed by atoms with Crippen LogP contribution in [0, 0.1) is 18.3 Å². The highest BCUT2D eigenvalue weighted by atomic mass is 16.6. The predicted octanol–water partition coefficient (Wildman–Crippen LogP) is 4.77. The number of carbonyl (C=O) groups excluding carboxylic acids is 2. The molecule has 6 heteroatoms. The minimum absolute atomic E-state index is 0.0725. The average molecular weight is 412 g/mol. The van der Waals surface area contributed by atoms with E-state index in [-0.39, 0.29) is 11.3 Å². The van der Waals surface area contributed by atoms with Crippen molar-refractivity contribution in [1.82, 2.24) is 0 Å². The standard InChI is InChI=1S/C25H20N2O4/c1-17-8-11-21(12-9-17)27-24(28)20(16-26)14-18-10-13-22(23(15-18)30-2)31-25(29)19-6-4-3-5-7-19/h3-15H,1-2H3,(H,27,28)/b20-14+. The monoisotopic (exact) mass is 412 g/mol. The van der Waals surface area contributed by atoms with Gasteiger partial charge in [-0.25, -0.2) is 4.79 Å². The van der Waals surface area contributed by atoms with E-state index in [0.717, 1.165) is 5.56 Å². The molecule has 0 fully saturated rings. The number of esters is 1. The van der Waals surface area contributed by atoms with Crippen molar-refractivity contribution in [2.75, 3.05) is 12.4 Å². The summed E-state index contributed by atoms with van der Waals surface area (Å²) in [7, 11) is 1.44. The molecule has 31 heavy (non-hydrogen) atoms. The van der Waals surface area contributed by atoms with E-state index in [2.05, 4.69) is 5.32 Å². The van der Waals surface area contributed by atoms with Gasteiger partial charge in [0.15, 0.2) is 11.5 Å². The molecule has 0 unspecified atom stereocenters. The minimum Gasteiger partial charge on any atom is -0.493 e. The fourth-order valence-corrected chi connectivity index (χ4v) is 2.74. The van der Waals surface area contributed by atoms with Crippen LogP contribution in [0.3, 0.4) is 0 Å². The summed E-state index contributed by atoms with van der Waals surface area (Å²) in [5.74, 6) is -0.507. The van der Waals surface area contributed by atoms with E-state index in [1.807, 2.05) is 25.1 Å². The zero-order chi connectivity index (χ0) is 22.2. The molecule has 6 nitrogen and oxygen atoms in total. The van der Waals surface area contributed by atoms with Crippen molar-refractivity contribution in [2.45, 2.75) is 6.92 Å². The number of carbonyl (C=O) groups is 2. The van der Waals surface area contributed by atoms with Gasteiger partial charge >= 0.3 is 5.97 Å². The highest BCUT2D eigenvalue weighted by Gasteiger charge is 2.14. The Morgan fingerprint density at radius 2 is 1.68 bits per heavy atom. The third kappa shape index (κ3) is 5.58. The van der Waals surface area contributed by atoms with E-state index in [1.165, 1.54) is 13.2 Å². The number of nitriles is 1. The molecule has 154 valence electrons. The molecular formula is C25H20N2O4. The first-order chi connectivity index (χ1) is 15.0. The first-order valence-electron chi connectivity index (χ1n) is 9.45. The van der Waals surface area contributed by atoms with Crippen molar-refractivity contribution in [1.29, 1.82) is 5.26 Å². The van der Waals surface area contributed by atoms with Crippen LogP contribution in [0.5, 0.6) is 11.5 Å². The van der Waals surface area contributed by atoms with Crippen molar-refractivity contribution < 1.29 is 19.1 Å². The number of aryl methyl sites for hydroxylation is 1. The lowest BCUT2D eigenvalue weighted by atomic mass is 10.1. The summed E-state index contributed by atoms with van der Waals surface area (Å²) in [4.78, 5) is 24.7. The largest absolute Gasteiger partial charge is 0.493 e. The molecule has 0 radical (unpaired) electrons. The average Bonchev–Trinajstić information content (AvgIpc) is 2.80. The van der Waals surface area contributed by atoms with Gasteiger partial charge in [-0.1, -0.05) is 42.0 Å². The zero-order valence-electron chi connectivity index (χ0n) is 17.1. The van der Waals surface area contributed by atoms with Crippen LogP contribution in [0.25, 0.3) is 6.08 Å². The second-order valence-corrected chi connectivity index (χ2v) is 6.66. The zero-order valence-corrected chi connectivity index (χ0v) is 17.1. The molecule has 0 aliphatic rings. The first-order valence-corrected chi connectivity index (χ1v) is 9.45. The molecule has 1 N–H and O–H groups in total.